The van der Waals surface area contributed by atoms with E-state index in [9.17, 15) is 40.2 Å². The minimum absolute atomic E-state index is 0.0167. The normalized spacial score (nSPS) is 39.8. The van der Waals surface area contributed by atoms with Crippen LogP contribution in [0.25, 0.3) is 0 Å². The van der Waals surface area contributed by atoms with Crippen molar-refractivity contribution in [1.82, 2.24) is 0 Å². The summed E-state index contributed by atoms with van der Waals surface area (Å²) in [6.07, 6.45) is 0.457. The Kier molecular flexibility index (Phi) is 10.0. The second kappa shape index (κ2) is 12.4. The molecule has 0 radical (unpaired) electrons. The molecule has 0 heterocycles. The molecule has 46 heavy (non-hydrogen) atoms. The summed E-state index contributed by atoms with van der Waals surface area (Å²) in [6.45, 7) is 14.9. The summed E-state index contributed by atoms with van der Waals surface area (Å²) in [5, 5.41) is 74.6. The maximum atomic E-state index is 13.0. The van der Waals surface area contributed by atoms with Crippen molar-refractivity contribution in [3.05, 3.63) is 11.1 Å². The molecule has 264 valence electrons. The fourth-order valence-electron chi connectivity index (χ4n) is 10.8. The average molecular weight is 653 g/mol. The number of aliphatic hydroxyl groups is 6. The van der Waals surface area contributed by atoms with Crippen LogP contribution >= 0.6 is 0 Å². The average Bonchev–Trinajstić information content (AvgIpc) is 3.19. The van der Waals surface area contributed by atoms with Crippen molar-refractivity contribution in [1.29, 1.82) is 0 Å². The van der Waals surface area contributed by atoms with E-state index in [1.165, 1.54) is 18.1 Å². The standard InChI is InChI=1S/C36H60O10/c1-31(2)25-11-10-22-23(34(25,6)16-24(30(31)43)46-29(42)18-33(5,45)17-28(40)41)15-27(39)36(8)21(13-14-35(22,36)7)20(19-37)9-12-26(38)32(3,4)44/h20-21,24-27,30,37-39,43-45H,9-19H2,1-8H3,(H,40,41)/t20-,21+,24+,25-,26+,27-,30-,33-,34+,35-,36-/m0/s1. The molecular formula is C36H60O10. The van der Waals surface area contributed by atoms with Gasteiger partial charge in [0.1, 0.15) is 6.10 Å². The Hall–Kier alpha value is -1.56. The molecule has 10 heteroatoms. The molecule has 11 atom stereocenters. The van der Waals surface area contributed by atoms with Crippen LogP contribution < -0.4 is 0 Å². The third-order valence-corrected chi connectivity index (χ3v) is 13.6. The van der Waals surface area contributed by atoms with Crippen molar-refractivity contribution in [3.8, 4) is 0 Å². The Bertz CT molecular complexity index is 1200. The first kappa shape index (κ1) is 37.3. The smallest absolute Gasteiger partial charge is 0.309 e. The van der Waals surface area contributed by atoms with Gasteiger partial charge in [0.25, 0.3) is 0 Å². The van der Waals surface area contributed by atoms with Crippen molar-refractivity contribution >= 4 is 11.9 Å². The zero-order valence-electron chi connectivity index (χ0n) is 29.2. The van der Waals surface area contributed by atoms with Crippen LogP contribution in [0.15, 0.2) is 11.1 Å². The number of allylic oxidation sites excluding steroid dienone is 1. The lowest BCUT2D eigenvalue weighted by Gasteiger charge is -2.64. The van der Waals surface area contributed by atoms with Gasteiger partial charge in [-0.3, -0.25) is 9.59 Å². The number of carboxylic acids is 1. The molecule has 0 bridgehead atoms. The highest BCUT2D eigenvalue weighted by atomic mass is 16.6. The van der Waals surface area contributed by atoms with Gasteiger partial charge >= 0.3 is 11.9 Å². The number of fused-ring (bicyclic) bond motifs is 4. The van der Waals surface area contributed by atoms with Crippen LogP contribution in [0.2, 0.25) is 0 Å². The van der Waals surface area contributed by atoms with Gasteiger partial charge in [-0.1, -0.05) is 45.8 Å². The number of aliphatic hydroxyl groups excluding tert-OH is 4. The van der Waals surface area contributed by atoms with E-state index in [1.54, 1.807) is 13.8 Å². The molecule has 2 fully saturated rings. The summed E-state index contributed by atoms with van der Waals surface area (Å²) >= 11 is 0. The van der Waals surface area contributed by atoms with Crippen molar-refractivity contribution in [2.75, 3.05) is 6.61 Å². The lowest BCUT2D eigenvalue weighted by Crippen LogP contribution is -2.62. The summed E-state index contributed by atoms with van der Waals surface area (Å²) in [5.41, 5.74) is -2.50. The van der Waals surface area contributed by atoms with Crippen LogP contribution in [0.1, 0.15) is 120 Å². The van der Waals surface area contributed by atoms with E-state index in [0.29, 0.717) is 25.7 Å². The van der Waals surface area contributed by atoms with Crippen LogP contribution in [-0.4, -0.2) is 89.9 Å². The van der Waals surface area contributed by atoms with Gasteiger partial charge in [-0.2, -0.15) is 0 Å². The SMILES string of the molecule is CC(C)(O)[C@H](O)CC[C@@H](CO)[C@H]1CC[C@@]2(C)C3=C(C[C@H](O)[C@]12C)[C@@]1(C)C[C@@H](OC(=O)C[C@@](C)(O)CC(=O)O)[C@H](O)C(C)(C)[C@@H]1CC3. The van der Waals surface area contributed by atoms with Gasteiger partial charge in [0.15, 0.2) is 0 Å². The molecule has 4 aliphatic rings. The molecular weight excluding hydrogens is 592 g/mol. The number of esters is 1. The van der Waals surface area contributed by atoms with E-state index in [-0.39, 0.29) is 29.8 Å². The number of ether oxygens (including phenoxy) is 1. The molecule has 0 aromatic heterocycles. The largest absolute Gasteiger partial charge is 0.481 e. The number of aliphatic carboxylic acids is 1. The summed E-state index contributed by atoms with van der Waals surface area (Å²) in [4.78, 5) is 24.2. The van der Waals surface area contributed by atoms with Gasteiger partial charge in [-0.25, -0.2) is 0 Å². The molecule has 0 aromatic carbocycles. The molecule has 0 saturated heterocycles. The molecule has 4 rings (SSSR count). The monoisotopic (exact) mass is 652 g/mol. The van der Waals surface area contributed by atoms with E-state index in [0.717, 1.165) is 25.7 Å². The number of carbonyl (C=O) groups is 2. The van der Waals surface area contributed by atoms with E-state index in [4.69, 9.17) is 9.84 Å². The number of carboxylic acid groups (broad SMARTS) is 1. The number of carbonyl (C=O) groups excluding carboxylic acids is 1. The van der Waals surface area contributed by atoms with Crippen molar-refractivity contribution < 1.29 is 50.1 Å². The number of hydrogen-bond acceptors (Lipinski definition) is 9. The van der Waals surface area contributed by atoms with Gasteiger partial charge in [0, 0.05) is 12.0 Å². The van der Waals surface area contributed by atoms with E-state index in [1.807, 2.05) is 13.8 Å². The van der Waals surface area contributed by atoms with E-state index < -0.39 is 76.6 Å². The number of hydrogen-bond donors (Lipinski definition) is 7. The van der Waals surface area contributed by atoms with Crippen molar-refractivity contribution in [2.24, 2.45) is 39.4 Å². The molecule has 7 N–H and O–H groups in total. The topological polar surface area (TPSA) is 185 Å². The van der Waals surface area contributed by atoms with Crippen LogP contribution in [0.5, 0.6) is 0 Å². The maximum absolute atomic E-state index is 13.0. The fourth-order valence-corrected chi connectivity index (χ4v) is 10.8. The molecule has 10 nitrogen and oxygen atoms in total. The summed E-state index contributed by atoms with van der Waals surface area (Å²) in [6, 6.07) is 0. The summed E-state index contributed by atoms with van der Waals surface area (Å²) in [7, 11) is 0. The lowest BCUT2D eigenvalue weighted by atomic mass is 9.42. The van der Waals surface area contributed by atoms with Gasteiger partial charge in [0.05, 0.1) is 42.4 Å². The van der Waals surface area contributed by atoms with Gasteiger partial charge in [-0.05, 0) is 106 Å². The van der Waals surface area contributed by atoms with E-state index in [2.05, 4.69) is 20.8 Å². The van der Waals surface area contributed by atoms with Crippen LogP contribution in [0.3, 0.4) is 0 Å². The Morgan fingerprint density at radius 2 is 1.61 bits per heavy atom. The zero-order chi connectivity index (χ0) is 34.8. The van der Waals surface area contributed by atoms with Crippen LogP contribution in [0.4, 0.5) is 0 Å². The van der Waals surface area contributed by atoms with Crippen molar-refractivity contribution in [2.45, 2.75) is 155 Å². The Labute approximate surface area is 274 Å². The Morgan fingerprint density at radius 1 is 0.978 bits per heavy atom. The molecule has 0 amide bonds. The maximum Gasteiger partial charge on any atom is 0.309 e. The predicted octanol–water partition coefficient (Wildman–Crippen LogP) is 3.73. The lowest BCUT2D eigenvalue weighted by molar-refractivity contribution is -0.193. The summed E-state index contributed by atoms with van der Waals surface area (Å²) in [5.74, 6) is -2.05. The number of rotatable bonds is 11. The minimum Gasteiger partial charge on any atom is -0.481 e. The van der Waals surface area contributed by atoms with E-state index >= 15 is 0 Å². The quantitative estimate of drug-likeness (QED) is 0.128. The molecule has 0 spiro atoms. The molecule has 0 aliphatic heterocycles. The highest BCUT2D eigenvalue weighted by Crippen LogP contribution is 2.72. The van der Waals surface area contributed by atoms with Crippen LogP contribution in [0, 0.1) is 39.4 Å². The second-order valence-corrected chi connectivity index (χ2v) is 17.4. The second-order valence-electron chi connectivity index (χ2n) is 17.4. The van der Waals surface area contributed by atoms with Crippen molar-refractivity contribution in [3.63, 3.8) is 0 Å². The first-order valence-corrected chi connectivity index (χ1v) is 17.2. The predicted molar refractivity (Wildman–Crippen MR) is 171 cm³/mol. The minimum atomic E-state index is -1.78. The fraction of sp³-hybridized carbons (Fsp3) is 0.889. The highest BCUT2D eigenvalue weighted by molar-refractivity contribution is 5.74. The molecule has 2 saturated carbocycles. The third kappa shape index (κ3) is 6.20. The van der Waals surface area contributed by atoms with Gasteiger partial charge in [0.2, 0.25) is 0 Å². The molecule has 4 aliphatic carbocycles. The van der Waals surface area contributed by atoms with Crippen LogP contribution in [-0.2, 0) is 14.3 Å². The Balaban J connectivity index is 1.66. The zero-order valence-corrected chi connectivity index (χ0v) is 29.2. The van der Waals surface area contributed by atoms with Gasteiger partial charge < -0.3 is 40.5 Å². The summed E-state index contributed by atoms with van der Waals surface area (Å²) < 4.78 is 5.85. The third-order valence-electron chi connectivity index (χ3n) is 13.6. The molecule has 0 unspecified atom stereocenters. The highest BCUT2D eigenvalue weighted by Gasteiger charge is 2.67. The van der Waals surface area contributed by atoms with Gasteiger partial charge in [-0.15, -0.1) is 0 Å². The molecule has 0 aromatic rings. The first-order valence-electron chi connectivity index (χ1n) is 17.2. The Morgan fingerprint density at radius 3 is 2.17 bits per heavy atom. The first-order chi connectivity index (χ1) is 21.0.